The van der Waals surface area contributed by atoms with Crippen LogP contribution in [0.3, 0.4) is 0 Å². The predicted octanol–water partition coefficient (Wildman–Crippen LogP) is 0.252. The molecule has 0 bridgehead atoms. The Morgan fingerprint density at radius 3 is 2.73 bits per heavy atom. The number of carbonyl (C=O) groups is 1. The molecule has 0 atom stereocenters. The molecule has 1 rings (SSSR count). The van der Waals surface area contributed by atoms with Crippen LogP contribution >= 0.6 is 11.8 Å². The van der Waals surface area contributed by atoms with Crippen molar-refractivity contribution >= 4 is 17.7 Å². The van der Waals surface area contributed by atoms with E-state index < -0.39 is 0 Å². The van der Waals surface area contributed by atoms with Crippen LogP contribution in [0.5, 0.6) is 0 Å². The van der Waals surface area contributed by atoms with Gasteiger partial charge in [-0.1, -0.05) is 6.58 Å². The summed E-state index contributed by atoms with van der Waals surface area (Å²) in [5.41, 5.74) is 2.73. The van der Waals surface area contributed by atoms with E-state index in [1.54, 1.807) is 0 Å². The number of hydrazine groups is 1. The van der Waals surface area contributed by atoms with Crippen LogP contribution in [-0.2, 0) is 4.79 Å². The van der Waals surface area contributed by atoms with Crippen LogP contribution in [0.15, 0.2) is 12.7 Å². The van der Waals surface area contributed by atoms with Gasteiger partial charge in [0, 0.05) is 24.6 Å². The Morgan fingerprint density at radius 2 is 2.18 bits per heavy atom. The predicted molar refractivity (Wildman–Crippen MR) is 47.2 cm³/mol. The quantitative estimate of drug-likeness (QED) is 0.606. The van der Waals surface area contributed by atoms with Crippen molar-refractivity contribution in [1.29, 1.82) is 0 Å². The van der Waals surface area contributed by atoms with Gasteiger partial charge in [0.1, 0.15) is 0 Å². The lowest BCUT2D eigenvalue weighted by Crippen LogP contribution is -2.45. The van der Waals surface area contributed by atoms with E-state index in [0.29, 0.717) is 0 Å². The lowest BCUT2D eigenvalue weighted by molar-refractivity contribution is -0.120. The highest BCUT2D eigenvalue weighted by atomic mass is 32.2. The molecule has 1 fully saturated rings. The van der Waals surface area contributed by atoms with E-state index in [-0.39, 0.29) is 5.91 Å². The van der Waals surface area contributed by atoms with Crippen molar-refractivity contribution in [2.75, 3.05) is 24.6 Å². The maximum Gasteiger partial charge on any atom is 0.257 e. The second-order valence-corrected chi connectivity index (χ2v) is 3.50. The molecule has 0 aromatic rings. The van der Waals surface area contributed by atoms with Gasteiger partial charge in [-0.3, -0.25) is 10.2 Å². The van der Waals surface area contributed by atoms with Crippen LogP contribution in [-0.4, -0.2) is 35.5 Å². The molecule has 1 heterocycles. The molecule has 1 amide bonds. The molecule has 0 saturated carbocycles. The van der Waals surface area contributed by atoms with Crippen LogP contribution in [0.4, 0.5) is 0 Å². The number of hydrogen-bond donors (Lipinski definition) is 1. The molecule has 0 aromatic heterocycles. The normalized spacial score (nSPS) is 19.3. The van der Waals surface area contributed by atoms with E-state index in [1.807, 2.05) is 16.8 Å². The lowest BCUT2D eigenvalue weighted by Gasteiger charge is -2.25. The highest BCUT2D eigenvalue weighted by molar-refractivity contribution is 7.99. The fourth-order valence-corrected chi connectivity index (χ4v) is 1.78. The molecule has 11 heavy (non-hydrogen) atoms. The van der Waals surface area contributed by atoms with E-state index in [0.717, 1.165) is 24.6 Å². The lowest BCUT2D eigenvalue weighted by atomic mass is 10.5. The van der Waals surface area contributed by atoms with Gasteiger partial charge in [0.25, 0.3) is 5.91 Å². The highest BCUT2D eigenvalue weighted by Crippen LogP contribution is 2.06. The Hall–Kier alpha value is -0.480. The van der Waals surface area contributed by atoms with Gasteiger partial charge in [-0.15, -0.1) is 0 Å². The molecule has 1 saturated heterocycles. The first-order valence-corrected chi connectivity index (χ1v) is 4.74. The molecule has 1 aliphatic rings. The fraction of sp³-hybridized carbons (Fsp3) is 0.571. The third-order valence-electron chi connectivity index (χ3n) is 1.46. The SMILES string of the molecule is C=CC(=O)NN1CCSCC1. The maximum absolute atomic E-state index is 10.8. The van der Waals surface area contributed by atoms with Crippen molar-refractivity contribution < 1.29 is 4.79 Å². The van der Waals surface area contributed by atoms with Gasteiger partial charge < -0.3 is 0 Å². The summed E-state index contributed by atoms with van der Waals surface area (Å²) >= 11 is 1.91. The topological polar surface area (TPSA) is 32.3 Å². The van der Waals surface area contributed by atoms with Crippen LogP contribution in [0.25, 0.3) is 0 Å². The molecule has 1 aliphatic heterocycles. The van der Waals surface area contributed by atoms with Crippen molar-refractivity contribution in [2.45, 2.75) is 0 Å². The summed E-state index contributed by atoms with van der Waals surface area (Å²) in [5.74, 6) is 2.08. The van der Waals surface area contributed by atoms with Gasteiger partial charge in [0.15, 0.2) is 0 Å². The molecular weight excluding hydrogens is 160 g/mol. The first-order valence-electron chi connectivity index (χ1n) is 3.58. The highest BCUT2D eigenvalue weighted by Gasteiger charge is 2.10. The van der Waals surface area contributed by atoms with E-state index in [4.69, 9.17) is 0 Å². The van der Waals surface area contributed by atoms with Gasteiger partial charge in [0.2, 0.25) is 0 Å². The summed E-state index contributed by atoms with van der Waals surface area (Å²) in [6.07, 6.45) is 1.29. The Kier molecular flexibility index (Phi) is 3.45. The second-order valence-electron chi connectivity index (χ2n) is 2.28. The number of nitrogens with one attached hydrogen (secondary N) is 1. The zero-order valence-corrected chi connectivity index (χ0v) is 7.19. The summed E-state index contributed by atoms with van der Waals surface area (Å²) in [5, 5.41) is 1.93. The molecule has 62 valence electrons. The molecule has 4 heteroatoms. The number of thioether (sulfide) groups is 1. The molecule has 0 aromatic carbocycles. The molecule has 0 spiro atoms. The van der Waals surface area contributed by atoms with Gasteiger partial charge in [-0.25, -0.2) is 5.01 Å². The average molecular weight is 172 g/mol. The Bertz CT molecular complexity index is 155. The average Bonchev–Trinajstić information content (AvgIpc) is 2.06. The van der Waals surface area contributed by atoms with E-state index in [1.165, 1.54) is 6.08 Å². The third-order valence-corrected chi connectivity index (χ3v) is 2.41. The monoisotopic (exact) mass is 172 g/mol. The smallest absolute Gasteiger partial charge is 0.257 e. The summed E-state index contributed by atoms with van der Waals surface area (Å²) in [6.45, 7) is 5.25. The zero-order chi connectivity index (χ0) is 8.10. The third kappa shape index (κ3) is 2.95. The molecule has 0 unspecified atom stereocenters. The summed E-state index contributed by atoms with van der Waals surface area (Å²) in [6, 6.07) is 0. The van der Waals surface area contributed by atoms with Gasteiger partial charge in [-0.05, 0) is 6.08 Å². The van der Waals surface area contributed by atoms with E-state index in [2.05, 4.69) is 12.0 Å². The van der Waals surface area contributed by atoms with E-state index in [9.17, 15) is 4.79 Å². The minimum Gasteiger partial charge on any atom is -0.285 e. The Balaban J connectivity index is 2.24. The van der Waals surface area contributed by atoms with Gasteiger partial charge in [0.05, 0.1) is 0 Å². The number of carbonyl (C=O) groups excluding carboxylic acids is 1. The fourth-order valence-electron chi connectivity index (χ4n) is 0.877. The minimum absolute atomic E-state index is 0.114. The number of hydrogen-bond acceptors (Lipinski definition) is 3. The summed E-state index contributed by atoms with van der Waals surface area (Å²) in [7, 11) is 0. The van der Waals surface area contributed by atoms with Crippen LogP contribution in [0.2, 0.25) is 0 Å². The first-order chi connectivity index (χ1) is 5.33. The van der Waals surface area contributed by atoms with Gasteiger partial charge in [-0.2, -0.15) is 11.8 Å². The molecule has 0 radical (unpaired) electrons. The number of nitrogens with zero attached hydrogens (tertiary/aromatic N) is 1. The minimum atomic E-state index is -0.114. The molecule has 1 N–H and O–H groups in total. The molecule has 3 nitrogen and oxygen atoms in total. The largest absolute Gasteiger partial charge is 0.285 e. The van der Waals surface area contributed by atoms with Crippen molar-refractivity contribution in [3.05, 3.63) is 12.7 Å². The number of amides is 1. The second kappa shape index (κ2) is 4.41. The van der Waals surface area contributed by atoms with Crippen molar-refractivity contribution in [1.82, 2.24) is 10.4 Å². The van der Waals surface area contributed by atoms with Crippen molar-refractivity contribution in [3.8, 4) is 0 Å². The molecular formula is C7H12N2OS. The number of rotatable bonds is 2. The zero-order valence-electron chi connectivity index (χ0n) is 6.38. The Labute approximate surface area is 70.8 Å². The van der Waals surface area contributed by atoms with Crippen molar-refractivity contribution in [2.24, 2.45) is 0 Å². The summed E-state index contributed by atoms with van der Waals surface area (Å²) in [4.78, 5) is 10.8. The van der Waals surface area contributed by atoms with Crippen LogP contribution in [0.1, 0.15) is 0 Å². The maximum atomic E-state index is 10.8. The first kappa shape index (κ1) is 8.62. The Morgan fingerprint density at radius 1 is 1.55 bits per heavy atom. The standard InChI is InChI=1S/C7H12N2OS/c1-2-7(10)8-9-3-5-11-6-4-9/h2H,1,3-6H2,(H,8,10). The van der Waals surface area contributed by atoms with Crippen LogP contribution in [0, 0.1) is 0 Å². The van der Waals surface area contributed by atoms with Crippen molar-refractivity contribution in [3.63, 3.8) is 0 Å². The summed E-state index contributed by atoms with van der Waals surface area (Å²) < 4.78 is 0. The van der Waals surface area contributed by atoms with Crippen LogP contribution < -0.4 is 5.43 Å². The van der Waals surface area contributed by atoms with Gasteiger partial charge >= 0.3 is 0 Å². The van der Waals surface area contributed by atoms with E-state index >= 15 is 0 Å². The molecule has 0 aliphatic carbocycles.